The largest absolute Gasteiger partial charge is 0.216 e. The zero-order valence-electron chi connectivity index (χ0n) is 12.4. The minimum Gasteiger partial charge on any atom is -0.212 e. The van der Waals surface area contributed by atoms with Gasteiger partial charge in [0.2, 0.25) is 10.0 Å². The van der Waals surface area contributed by atoms with Gasteiger partial charge in [0.25, 0.3) is 0 Å². The topological polar surface area (TPSA) is 70.0 Å². The highest BCUT2D eigenvalue weighted by atomic mass is 32.2. The van der Waals surface area contributed by atoms with E-state index in [0.29, 0.717) is 17.0 Å². The van der Waals surface area contributed by atoms with Gasteiger partial charge in [-0.3, -0.25) is 0 Å². The van der Waals surface area contributed by atoms with E-state index in [1.54, 1.807) is 24.3 Å². The van der Waals surface area contributed by atoms with Crippen LogP contribution in [0.4, 0.5) is 0 Å². The molecule has 0 spiro atoms. The van der Waals surface area contributed by atoms with Crippen molar-refractivity contribution in [3.05, 3.63) is 35.4 Å². The van der Waals surface area contributed by atoms with Crippen molar-refractivity contribution in [1.82, 2.24) is 4.72 Å². The second-order valence-electron chi connectivity index (χ2n) is 5.96. The Kier molecular flexibility index (Phi) is 5.38. The first-order valence-electron chi connectivity index (χ1n) is 7.48. The monoisotopic (exact) mass is 306 g/mol. The Balaban J connectivity index is 2.03. The van der Waals surface area contributed by atoms with Gasteiger partial charge in [-0.05, 0) is 36.8 Å². The van der Waals surface area contributed by atoms with Crippen molar-refractivity contribution in [2.75, 3.05) is 0 Å². The maximum absolute atomic E-state index is 12.3. The van der Waals surface area contributed by atoms with E-state index in [0.717, 1.165) is 25.7 Å². The fourth-order valence-electron chi connectivity index (χ4n) is 2.86. The van der Waals surface area contributed by atoms with E-state index in [1.807, 2.05) is 6.07 Å². The van der Waals surface area contributed by atoms with Crippen LogP contribution in [0.25, 0.3) is 0 Å². The van der Waals surface area contributed by atoms with E-state index in [-0.39, 0.29) is 11.8 Å². The third kappa shape index (κ3) is 4.83. The van der Waals surface area contributed by atoms with Crippen LogP contribution in [0.15, 0.2) is 24.3 Å². The Hall–Kier alpha value is -1.38. The zero-order chi connectivity index (χ0) is 15.3. The molecule has 1 aliphatic carbocycles. The molecule has 1 N–H and O–H groups in total. The summed E-state index contributed by atoms with van der Waals surface area (Å²) in [6.07, 6.45) is 5.13. The molecule has 1 fully saturated rings. The lowest BCUT2D eigenvalue weighted by atomic mass is 10.0. The normalized spacial score (nSPS) is 23.2. The second-order valence-corrected chi connectivity index (χ2v) is 7.71. The van der Waals surface area contributed by atoms with E-state index in [4.69, 9.17) is 5.26 Å². The molecule has 0 radical (unpaired) electrons. The molecule has 0 bridgehead atoms. The summed E-state index contributed by atoms with van der Waals surface area (Å²) in [5, 5.41) is 9.04. The van der Waals surface area contributed by atoms with E-state index in [1.165, 1.54) is 6.42 Å². The number of nitrogens with one attached hydrogen (secondary N) is 1. The van der Waals surface area contributed by atoms with Gasteiger partial charge >= 0.3 is 0 Å². The molecule has 0 saturated heterocycles. The number of nitriles is 1. The number of nitrogens with zero attached hydrogens (tertiary/aromatic N) is 1. The van der Waals surface area contributed by atoms with E-state index in [2.05, 4.69) is 11.6 Å². The van der Waals surface area contributed by atoms with Crippen molar-refractivity contribution < 1.29 is 8.42 Å². The first-order chi connectivity index (χ1) is 10.00. The maximum atomic E-state index is 12.3. The van der Waals surface area contributed by atoms with Crippen LogP contribution in [0.2, 0.25) is 0 Å². The van der Waals surface area contributed by atoms with Crippen molar-refractivity contribution in [2.24, 2.45) is 5.92 Å². The van der Waals surface area contributed by atoms with Crippen LogP contribution in [-0.2, 0) is 15.8 Å². The fourth-order valence-corrected chi connectivity index (χ4v) is 4.35. The van der Waals surface area contributed by atoms with Crippen LogP contribution in [0.1, 0.15) is 50.2 Å². The number of sulfonamides is 1. The molecule has 21 heavy (non-hydrogen) atoms. The number of rotatable bonds is 4. The summed E-state index contributed by atoms with van der Waals surface area (Å²) in [5.41, 5.74) is 0.992. The van der Waals surface area contributed by atoms with Gasteiger partial charge in [0.1, 0.15) is 0 Å². The minimum atomic E-state index is -3.40. The van der Waals surface area contributed by atoms with Crippen molar-refractivity contribution in [3.63, 3.8) is 0 Å². The lowest BCUT2D eigenvalue weighted by Gasteiger charge is -2.17. The van der Waals surface area contributed by atoms with Gasteiger partial charge in [-0.2, -0.15) is 5.26 Å². The van der Waals surface area contributed by atoms with E-state index >= 15 is 0 Å². The van der Waals surface area contributed by atoms with Gasteiger partial charge < -0.3 is 0 Å². The molecule has 0 aliphatic heterocycles. The molecule has 2 unspecified atom stereocenters. The summed E-state index contributed by atoms with van der Waals surface area (Å²) in [6, 6.07) is 8.94. The quantitative estimate of drug-likeness (QED) is 0.869. The highest BCUT2D eigenvalue weighted by Gasteiger charge is 2.22. The number of hydrogen-bond donors (Lipinski definition) is 1. The van der Waals surface area contributed by atoms with Gasteiger partial charge in [-0.15, -0.1) is 0 Å². The van der Waals surface area contributed by atoms with Crippen LogP contribution in [-0.4, -0.2) is 14.5 Å². The molecule has 2 atom stereocenters. The van der Waals surface area contributed by atoms with Gasteiger partial charge in [-0.25, -0.2) is 13.1 Å². The van der Waals surface area contributed by atoms with E-state index in [9.17, 15) is 8.42 Å². The summed E-state index contributed by atoms with van der Waals surface area (Å²) < 4.78 is 27.4. The van der Waals surface area contributed by atoms with Crippen molar-refractivity contribution in [3.8, 4) is 6.07 Å². The summed E-state index contributed by atoms with van der Waals surface area (Å²) in [6.45, 7) is 2.22. The molecule has 4 nitrogen and oxygen atoms in total. The zero-order valence-corrected chi connectivity index (χ0v) is 13.2. The second kappa shape index (κ2) is 7.06. The molecule has 5 heteroatoms. The lowest BCUT2D eigenvalue weighted by molar-refractivity contribution is 0.484. The summed E-state index contributed by atoms with van der Waals surface area (Å²) in [7, 11) is -3.40. The van der Waals surface area contributed by atoms with Gasteiger partial charge in [0.05, 0.1) is 17.4 Å². The average Bonchev–Trinajstić information content (AvgIpc) is 2.63. The SMILES string of the molecule is CC1CCCC(NS(=O)(=O)Cc2ccccc2C#N)CC1. The molecule has 1 aliphatic rings. The molecule has 114 valence electrons. The third-order valence-corrected chi connectivity index (χ3v) is 5.47. The predicted molar refractivity (Wildman–Crippen MR) is 83.0 cm³/mol. The van der Waals surface area contributed by atoms with Crippen LogP contribution >= 0.6 is 0 Å². The molecular formula is C16H22N2O2S. The predicted octanol–water partition coefficient (Wildman–Crippen LogP) is 2.95. The fraction of sp³-hybridized carbons (Fsp3) is 0.562. The Labute approximate surface area is 127 Å². The Bertz CT molecular complexity index is 619. The molecule has 1 aromatic carbocycles. The van der Waals surface area contributed by atoms with Crippen LogP contribution in [0.3, 0.4) is 0 Å². The van der Waals surface area contributed by atoms with Crippen LogP contribution < -0.4 is 4.72 Å². The van der Waals surface area contributed by atoms with Crippen molar-refractivity contribution in [2.45, 2.75) is 50.8 Å². The van der Waals surface area contributed by atoms with Gasteiger partial charge in [0, 0.05) is 6.04 Å². The molecule has 0 heterocycles. The number of hydrogen-bond acceptors (Lipinski definition) is 3. The van der Waals surface area contributed by atoms with Crippen LogP contribution in [0, 0.1) is 17.2 Å². The average molecular weight is 306 g/mol. The third-order valence-electron chi connectivity index (χ3n) is 4.09. The van der Waals surface area contributed by atoms with E-state index < -0.39 is 10.0 Å². The first-order valence-corrected chi connectivity index (χ1v) is 9.13. The molecule has 0 aromatic heterocycles. The highest BCUT2D eigenvalue weighted by Crippen LogP contribution is 2.23. The molecule has 0 amide bonds. The standard InChI is InChI=1S/C16H22N2O2S/c1-13-5-4-8-16(10-9-13)18-21(19,20)12-15-7-3-2-6-14(15)11-17/h2-3,6-7,13,16,18H,4-5,8-10,12H2,1H3. The lowest BCUT2D eigenvalue weighted by Crippen LogP contribution is -2.35. The number of benzene rings is 1. The van der Waals surface area contributed by atoms with Crippen LogP contribution in [0.5, 0.6) is 0 Å². The molecule has 1 saturated carbocycles. The molecular weight excluding hydrogens is 284 g/mol. The highest BCUT2D eigenvalue weighted by molar-refractivity contribution is 7.88. The first kappa shape index (κ1) is 16.0. The maximum Gasteiger partial charge on any atom is 0.216 e. The van der Waals surface area contributed by atoms with Gasteiger partial charge in [-0.1, -0.05) is 38.0 Å². The minimum absolute atomic E-state index is 0.0363. The van der Waals surface area contributed by atoms with Crippen molar-refractivity contribution >= 4 is 10.0 Å². The Morgan fingerprint density at radius 1 is 1.24 bits per heavy atom. The smallest absolute Gasteiger partial charge is 0.212 e. The molecule has 2 rings (SSSR count). The Morgan fingerprint density at radius 2 is 2.00 bits per heavy atom. The van der Waals surface area contributed by atoms with Gasteiger partial charge in [0.15, 0.2) is 0 Å². The summed E-state index contributed by atoms with van der Waals surface area (Å²) in [5.74, 6) is 0.557. The van der Waals surface area contributed by atoms with Crippen molar-refractivity contribution in [1.29, 1.82) is 5.26 Å². The summed E-state index contributed by atoms with van der Waals surface area (Å²) >= 11 is 0. The summed E-state index contributed by atoms with van der Waals surface area (Å²) in [4.78, 5) is 0. The Morgan fingerprint density at radius 3 is 2.76 bits per heavy atom. The molecule has 1 aromatic rings.